The number of hydrogen-bond donors (Lipinski definition) is 1. The van der Waals surface area contributed by atoms with Gasteiger partial charge in [0.25, 0.3) is 0 Å². The summed E-state index contributed by atoms with van der Waals surface area (Å²) in [6.45, 7) is 4.67. The van der Waals surface area contributed by atoms with E-state index in [4.69, 9.17) is 0 Å². The van der Waals surface area contributed by atoms with Gasteiger partial charge < -0.3 is 5.32 Å². The van der Waals surface area contributed by atoms with E-state index in [1.165, 1.54) is 18.4 Å². The van der Waals surface area contributed by atoms with E-state index in [-0.39, 0.29) is 11.7 Å². The van der Waals surface area contributed by atoms with Crippen molar-refractivity contribution in [3.05, 3.63) is 35.4 Å². The summed E-state index contributed by atoms with van der Waals surface area (Å²) in [5.74, 6) is 0.957. The van der Waals surface area contributed by atoms with E-state index in [9.17, 15) is 9.59 Å². The number of benzene rings is 1. The van der Waals surface area contributed by atoms with Crippen LogP contribution in [-0.4, -0.2) is 35.7 Å². The number of Topliss-reactive ketones (excluding diaryl/α,β-unsaturated/α-hetero) is 1. The minimum atomic E-state index is 0.120. The molecule has 2 fully saturated rings. The number of carbonyl (C=O) groups is 2. The van der Waals surface area contributed by atoms with Gasteiger partial charge in [0.2, 0.25) is 5.91 Å². The molecule has 1 aliphatic carbocycles. The van der Waals surface area contributed by atoms with Crippen LogP contribution >= 0.6 is 0 Å². The molecule has 1 aromatic carbocycles. The van der Waals surface area contributed by atoms with Crippen LogP contribution in [0.2, 0.25) is 0 Å². The Bertz CT molecular complexity index is 595. The van der Waals surface area contributed by atoms with Crippen molar-refractivity contribution in [2.75, 3.05) is 13.1 Å². The molecule has 0 spiro atoms. The Morgan fingerprint density at radius 1 is 1.25 bits per heavy atom. The fourth-order valence-electron chi connectivity index (χ4n) is 3.54. The molecule has 1 heterocycles. The molecule has 3 rings (SSSR count). The lowest BCUT2D eigenvalue weighted by atomic mass is 9.93. The predicted molar refractivity (Wildman–Crippen MR) is 94.8 cm³/mol. The minimum Gasteiger partial charge on any atom is -0.353 e. The third kappa shape index (κ3) is 5.17. The summed E-state index contributed by atoms with van der Waals surface area (Å²) in [5, 5.41) is 3.08. The first-order valence-corrected chi connectivity index (χ1v) is 9.22. The number of nitrogens with zero attached hydrogens (tertiary/aromatic N) is 1. The van der Waals surface area contributed by atoms with E-state index < -0.39 is 0 Å². The van der Waals surface area contributed by atoms with Crippen molar-refractivity contribution in [2.45, 2.75) is 58.0 Å². The summed E-state index contributed by atoms with van der Waals surface area (Å²) in [4.78, 5) is 25.8. The third-order valence-electron chi connectivity index (χ3n) is 5.06. The summed E-state index contributed by atoms with van der Waals surface area (Å²) in [6.07, 6.45) is 6.38. The van der Waals surface area contributed by atoms with Crippen molar-refractivity contribution in [3.63, 3.8) is 0 Å². The van der Waals surface area contributed by atoms with E-state index in [1.54, 1.807) is 6.92 Å². The number of carbonyl (C=O) groups excluding carboxylic acids is 2. The van der Waals surface area contributed by atoms with Gasteiger partial charge in [-0.05, 0) is 63.1 Å². The van der Waals surface area contributed by atoms with Crippen LogP contribution in [0, 0.1) is 5.92 Å². The van der Waals surface area contributed by atoms with Crippen molar-refractivity contribution < 1.29 is 9.59 Å². The smallest absolute Gasteiger partial charge is 0.220 e. The third-order valence-corrected chi connectivity index (χ3v) is 5.06. The first kappa shape index (κ1) is 17.2. The molecular formula is C20H28N2O2. The molecule has 0 radical (unpaired) electrons. The maximum atomic E-state index is 11.9. The van der Waals surface area contributed by atoms with Crippen LogP contribution < -0.4 is 5.32 Å². The van der Waals surface area contributed by atoms with Gasteiger partial charge in [0.05, 0.1) is 0 Å². The minimum absolute atomic E-state index is 0.120. The quantitative estimate of drug-likeness (QED) is 0.782. The van der Waals surface area contributed by atoms with Crippen molar-refractivity contribution in [1.82, 2.24) is 10.2 Å². The van der Waals surface area contributed by atoms with Gasteiger partial charge in [0.15, 0.2) is 5.78 Å². The van der Waals surface area contributed by atoms with E-state index in [0.717, 1.165) is 44.5 Å². The lowest BCUT2D eigenvalue weighted by Gasteiger charge is -2.32. The van der Waals surface area contributed by atoms with Crippen LogP contribution in [0.4, 0.5) is 0 Å². The lowest BCUT2D eigenvalue weighted by molar-refractivity contribution is -0.121. The van der Waals surface area contributed by atoms with Gasteiger partial charge in [-0.15, -0.1) is 0 Å². The molecule has 1 atom stereocenters. The highest BCUT2D eigenvalue weighted by Crippen LogP contribution is 2.24. The maximum absolute atomic E-state index is 11.9. The number of ketones is 1. The van der Waals surface area contributed by atoms with Gasteiger partial charge in [-0.1, -0.05) is 18.2 Å². The molecule has 0 aromatic heterocycles. The summed E-state index contributed by atoms with van der Waals surface area (Å²) in [6, 6.07) is 8.42. The molecule has 1 N–H and O–H groups in total. The van der Waals surface area contributed by atoms with Gasteiger partial charge in [-0.2, -0.15) is 0 Å². The fraction of sp³-hybridized carbons (Fsp3) is 0.600. The number of amides is 1. The molecule has 1 amide bonds. The van der Waals surface area contributed by atoms with Gasteiger partial charge in [-0.25, -0.2) is 0 Å². The second-order valence-corrected chi connectivity index (χ2v) is 7.38. The van der Waals surface area contributed by atoms with E-state index in [1.807, 2.05) is 18.2 Å². The molecule has 1 saturated carbocycles. The van der Waals surface area contributed by atoms with Crippen molar-refractivity contribution in [3.8, 4) is 0 Å². The van der Waals surface area contributed by atoms with Gasteiger partial charge in [-0.3, -0.25) is 14.5 Å². The highest BCUT2D eigenvalue weighted by molar-refractivity contribution is 5.94. The number of nitrogens with one attached hydrogen (secondary N) is 1. The Kier molecular flexibility index (Phi) is 5.67. The Balaban J connectivity index is 1.47. The van der Waals surface area contributed by atoms with Crippen LogP contribution in [0.25, 0.3) is 0 Å². The molecular weight excluding hydrogens is 300 g/mol. The van der Waals surface area contributed by atoms with Crippen molar-refractivity contribution >= 4 is 11.7 Å². The second-order valence-electron chi connectivity index (χ2n) is 7.38. The van der Waals surface area contributed by atoms with Crippen molar-refractivity contribution in [2.24, 2.45) is 5.92 Å². The van der Waals surface area contributed by atoms with Crippen LogP contribution in [0.1, 0.15) is 61.4 Å². The molecule has 1 unspecified atom stereocenters. The molecule has 2 aliphatic rings. The molecule has 1 saturated heterocycles. The van der Waals surface area contributed by atoms with E-state index in [0.29, 0.717) is 18.4 Å². The van der Waals surface area contributed by atoms with Gasteiger partial charge in [0, 0.05) is 31.1 Å². The summed E-state index contributed by atoms with van der Waals surface area (Å²) >= 11 is 0. The highest BCUT2D eigenvalue weighted by Gasteiger charge is 2.24. The topological polar surface area (TPSA) is 49.4 Å². The Morgan fingerprint density at radius 2 is 2.08 bits per heavy atom. The number of likely N-dealkylation sites (tertiary alicyclic amines) is 1. The Hall–Kier alpha value is -1.68. The van der Waals surface area contributed by atoms with Crippen molar-refractivity contribution in [1.29, 1.82) is 0 Å². The monoisotopic (exact) mass is 328 g/mol. The Labute approximate surface area is 144 Å². The first-order chi connectivity index (χ1) is 11.6. The predicted octanol–water partition coefficient (Wildman–Crippen LogP) is 3.16. The summed E-state index contributed by atoms with van der Waals surface area (Å²) in [5.41, 5.74) is 1.99. The first-order valence-electron chi connectivity index (χ1n) is 9.22. The number of rotatable bonds is 7. The average Bonchev–Trinajstić information content (AvgIpc) is 3.37. The molecule has 0 bridgehead atoms. The van der Waals surface area contributed by atoms with Gasteiger partial charge >= 0.3 is 0 Å². The molecule has 4 nitrogen and oxygen atoms in total. The summed E-state index contributed by atoms with van der Waals surface area (Å²) < 4.78 is 0. The molecule has 24 heavy (non-hydrogen) atoms. The number of piperidine rings is 1. The van der Waals surface area contributed by atoms with E-state index >= 15 is 0 Å². The average molecular weight is 328 g/mol. The SMILES string of the molecule is CC(=O)c1cccc(CN2CCCC(CCC(=O)NC3CC3)C2)c1. The maximum Gasteiger partial charge on any atom is 0.220 e. The molecule has 4 heteroatoms. The zero-order chi connectivity index (χ0) is 16.9. The van der Waals surface area contributed by atoms with Crippen LogP contribution in [-0.2, 0) is 11.3 Å². The second kappa shape index (κ2) is 7.93. The molecule has 1 aromatic rings. The highest BCUT2D eigenvalue weighted by atomic mass is 16.1. The molecule has 130 valence electrons. The lowest BCUT2D eigenvalue weighted by Crippen LogP contribution is -2.35. The van der Waals surface area contributed by atoms with Crippen LogP contribution in [0.3, 0.4) is 0 Å². The summed E-state index contributed by atoms with van der Waals surface area (Å²) in [7, 11) is 0. The van der Waals surface area contributed by atoms with E-state index in [2.05, 4.69) is 16.3 Å². The molecule has 1 aliphatic heterocycles. The van der Waals surface area contributed by atoms with Crippen LogP contribution in [0.5, 0.6) is 0 Å². The standard InChI is InChI=1S/C20H28N2O2/c1-15(23)18-6-2-4-17(12-18)14-22-11-3-5-16(13-22)7-10-20(24)21-19-8-9-19/h2,4,6,12,16,19H,3,5,7-11,13-14H2,1H3,(H,21,24). The largest absolute Gasteiger partial charge is 0.353 e. The van der Waals surface area contributed by atoms with Crippen LogP contribution in [0.15, 0.2) is 24.3 Å². The zero-order valence-electron chi connectivity index (χ0n) is 14.6. The Morgan fingerprint density at radius 3 is 2.83 bits per heavy atom. The fourth-order valence-corrected chi connectivity index (χ4v) is 3.54. The number of hydrogen-bond acceptors (Lipinski definition) is 3. The normalized spacial score (nSPS) is 21.5. The van der Waals surface area contributed by atoms with Gasteiger partial charge in [0.1, 0.15) is 0 Å². The zero-order valence-corrected chi connectivity index (χ0v) is 14.6.